The number of benzene rings is 1. The van der Waals surface area contributed by atoms with Crippen molar-refractivity contribution >= 4 is 15.9 Å². The fraction of sp³-hybridized carbons (Fsp3) is 0.353. The molecule has 6 heteroatoms. The smallest absolute Gasteiger partial charge is 0.294 e. The molecule has 0 amide bonds. The molecule has 0 aliphatic heterocycles. The van der Waals surface area contributed by atoms with E-state index in [1.807, 2.05) is 0 Å². The molecule has 0 aliphatic carbocycles. The predicted octanol–water partition coefficient (Wildman–Crippen LogP) is 3.93. The van der Waals surface area contributed by atoms with Crippen molar-refractivity contribution in [1.29, 1.82) is 0 Å². The minimum absolute atomic E-state index is 0.106. The lowest BCUT2D eigenvalue weighted by atomic mass is 10.1. The molecule has 23 heavy (non-hydrogen) atoms. The quantitative estimate of drug-likeness (QED) is 0.869. The highest BCUT2D eigenvalue weighted by molar-refractivity contribution is 9.10. The average molecular weight is 384 g/mol. The van der Waals surface area contributed by atoms with E-state index in [4.69, 9.17) is 4.74 Å². The van der Waals surface area contributed by atoms with Crippen molar-refractivity contribution in [2.24, 2.45) is 0 Å². The van der Waals surface area contributed by atoms with Crippen molar-refractivity contribution in [3.63, 3.8) is 0 Å². The molecule has 0 fully saturated rings. The first-order valence-electron chi connectivity index (χ1n) is 7.14. The van der Waals surface area contributed by atoms with Gasteiger partial charge in [-0.05, 0) is 73.0 Å². The number of nitrogens with zero attached hydrogens (tertiary/aromatic N) is 1. The fourth-order valence-electron chi connectivity index (χ4n) is 2.33. The van der Waals surface area contributed by atoms with Crippen LogP contribution in [0.4, 0.5) is 4.39 Å². The van der Waals surface area contributed by atoms with E-state index in [9.17, 15) is 14.3 Å². The topological polar surface area (TPSA) is 51.5 Å². The molecular weight excluding hydrogens is 365 g/mol. The van der Waals surface area contributed by atoms with Crippen LogP contribution < -0.4 is 10.3 Å². The maximum Gasteiger partial charge on any atom is 0.294 e. The Balaban J connectivity index is 2.49. The Bertz CT molecular complexity index is 770. The van der Waals surface area contributed by atoms with Gasteiger partial charge < -0.3 is 14.4 Å². The van der Waals surface area contributed by atoms with E-state index in [1.54, 1.807) is 40.0 Å². The number of halogens is 2. The van der Waals surface area contributed by atoms with Gasteiger partial charge in [-0.25, -0.2) is 4.39 Å². The van der Waals surface area contributed by atoms with Gasteiger partial charge in [-0.2, -0.15) is 0 Å². The molecule has 4 nitrogen and oxygen atoms in total. The van der Waals surface area contributed by atoms with Gasteiger partial charge in [0.2, 0.25) is 5.75 Å². The minimum Gasteiger partial charge on any atom is -0.450 e. The third kappa shape index (κ3) is 4.20. The first-order valence-corrected chi connectivity index (χ1v) is 7.94. The molecule has 0 saturated carbocycles. The van der Waals surface area contributed by atoms with E-state index in [0.29, 0.717) is 21.3 Å². The van der Waals surface area contributed by atoms with Crippen LogP contribution in [0.25, 0.3) is 0 Å². The highest BCUT2D eigenvalue weighted by Gasteiger charge is 2.19. The van der Waals surface area contributed by atoms with Crippen LogP contribution in [0.5, 0.6) is 11.5 Å². The summed E-state index contributed by atoms with van der Waals surface area (Å²) in [5, 5.41) is 9.91. The molecule has 1 N–H and O–H groups in total. The summed E-state index contributed by atoms with van der Waals surface area (Å²) >= 11 is 3.31. The molecule has 0 atom stereocenters. The molecule has 1 aromatic heterocycles. The number of hydrogen-bond donors (Lipinski definition) is 1. The van der Waals surface area contributed by atoms with E-state index < -0.39 is 5.60 Å². The molecule has 0 saturated heterocycles. The number of pyridine rings is 1. The number of aliphatic hydroxyl groups is 1. The second kappa shape index (κ2) is 6.45. The summed E-state index contributed by atoms with van der Waals surface area (Å²) in [5.41, 5.74) is -0.195. The molecule has 0 bridgehead atoms. The SMILES string of the molecule is Cc1cc(F)cc(C)c1Oc1c(Br)ccn(CC(C)(C)O)c1=O. The molecule has 2 aromatic rings. The Morgan fingerprint density at radius 1 is 1.26 bits per heavy atom. The Morgan fingerprint density at radius 3 is 2.35 bits per heavy atom. The van der Waals surface area contributed by atoms with Crippen molar-refractivity contribution < 1.29 is 14.2 Å². The summed E-state index contributed by atoms with van der Waals surface area (Å²) in [4.78, 5) is 12.6. The van der Waals surface area contributed by atoms with Gasteiger partial charge in [0.15, 0.2) is 0 Å². The molecule has 1 aromatic carbocycles. The van der Waals surface area contributed by atoms with Crippen molar-refractivity contribution in [3.05, 3.63) is 56.2 Å². The normalized spacial score (nSPS) is 11.6. The summed E-state index contributed by atoms with van der Waals surface area (Å²) < 4.78 is 21.1. The second-order valence-corrected chi connectivity index (χ2v) is 7.06. The Hall–Kier alpha value is -1.66. The minimum atomic E-state index is -1.03. The number of hydrogen-bond acceptors (Lipinski definition) is 3. The summed E-state index contributed by atoms with van der Waals surface area (Å²) in [5.74, 6) is 0.207. The van der Waals surface area contributed by atoms with Crippen LogP contribution in [0, 0.1) is 19.7 Å². The molecule has 2 rings (SSSR count). The van der Waals surface area contributed by atoms with Gasteiger partial charge in [-0.1, -0.05) is 0 Å². The van der Waals surface area contributed by atoms with Crippen LogP contribution in [-0.4, -0.2) is 15.3 Å². The van der Waals surface area contributed by atoms with E-state index >= 15 is 0 Å². The van der Waals surface area contributed by atoms with Crippen LogP contribution in [0.1, 0.15) is 25.0 Å². The fourth-order valence-corrected chi connectivity index (χ4v) is 2.69. The van der Waals surface area contributed by atoms with Gasteiger partial charge in [0.25, 0.3) is 5.56 Å². The van der Waals surface area contributed by atoms with Crippen molar-refractivity contribution in [2.75, 3.05) is 0 Å². The summed E-state index contributed by atoms with van der Waals surface area (Å²) in [6.45, 7) is 6.82. The number of aryl methyl sites for hydroxylation is 2. The maximum atomic E-state index is 13.4. The molecule has 124 valence electrons. The Kier molecular flexibility index (Phi) is 4.96. The van der Waals surface area contributed by atoms with Crippen molar-refractivity contribution in [3.8, 4) is 11.5 Å². The van der Waals surface area contributed by atoms with Gasteiger partial charge in [0.05, 0.1) is 16.6 Å². The lowest BCUT2D eigenvalue weighted by Crippen LogP contribution is -2.32. The molecule has 0 radical (unpaired) electrons. The second-order valence-electron chi connectivity index (χ2n) is 6.21. The van der Waals surface area contributed by atoms with Gasteiger partial charge in [-0.3, -0.25) is 4.79 Å². The zero-order chi connectivity index (χ0) is 17.4. The highest BCUT2D eigenvalue weighted by atomic mass is 79.9. The number of ether oxygens (including phenoxy) is 1. The van der Waals surface area contributed by atoms with Gasteiger partial charge in [0, 0.05) is 6.20 Å². The van der Waals surface area contributed by atoms with E-state index in [1.165, 1.54) is 16.7 Å². The number of aromatic nitrogens is 1. The van der Waals surface area contributed by atoms with Crippen molar-refractivity contribution in [1.82, 2.24) is 4.57 Å². The molecular formula is C17H19BrFNO3. The Labute approximate surface area is 142 Å². The molecule has 1 heterocycles. The Morgan fingerprint density at radius 2 is 1.83 bits per heavy atom. The highest BCUT2D eigenvalue weighted by Crippen LogP contribution is 2.31. The molecule has 0 unspecified atom stereocenters. The van der Waals surface area contributed by atoms with Crippen LogP contribution in [0.2, 0.25) is 0 Å². The zero-order valence-electron chi connectivity index (χ0n) is 13.5. The van der Waals surface area contributed by atoms with E-state index in [-0.39, 0.29) is 23.7 Å². The van der Waals surface area contributed by atoms with Crippen molar-refractivity contribution in [2.45, 2.75) is 39.8 Å². The summed E-state index contributed by atoms with van der Waals surface area (Å²) in [7, 11) is 0. The maximum absolute atomic E-state index is 13.4. The third-order valence-corrected chi connectivity index (χ3v) is 3.88. The van der Waals surface area contributed by atoms with Crippen LogP contribution in [-0.2, 0) is 6.54 Å². The predicted molar refractivity (Wildman–Crippen MR) is 90.6 cm³/mol. The largest absolute Gasteiger partial charge is 0.450 e. The average Bonchev–Trinajstić information content (AvgIpc) is 2.39. The standard InChI is InChI=1S/C17H19BrFNO3/c1-10-7-12(19)8-11(2)14(10)23-15-13(18)5-6-20(16(15)21)9-17(3,4)22/h5-8,22H,9H2,1-4H3. The number of rotatable bonds is 4. The first kappa shape index (κ1) is 17.7. The lowest BCUT2D eigenvalue weighted by Gasteiger charge is -2.20. The summed E-state index contributed by atoms with van der Waals surface area (Å²) in [6.07, 6.45) is 1.58. The molecule has 0 aliphatic rings. The molecule has 0 spiro atoms. The zero-order valence-corrected chi connectivity index (χ0v) is 15.1. The van der Waals surface area contributed by atoms with E-state index in [2.05, 4.69) is 15.9 Å². The lowest BCUT2D eigenvalue weighted by molar-refractivity contribution is 0.0602. The van der Waals surface area contributed by atoms with Crippen LogP contribution in [0.3, 0.4) is 0 Å². The van der Waals surface area contributed by atoms with Crippen LogP contribution >= 0.6 is 15.9 Å². The van der Waals surface area contributed by atoms with E-state index in [0.717, 1.165) is 0 Å². The van der Waals surface area contributed by atoms with Gasteiger partial charge in [0.1, 0.15) is 11.6 Å². The third-order valence-electron chi connectivity index (χ3n) is 3.26. The van der Waals surface area contributed by atoms with Gasteiger partial charge in [-0.15, -0.1) is 0 Å². The first-order chi connectivity index (χ1) is 10.6. The van der Waals surface area contributed by atoms with Crippen LogP contribution in [0.15, 0.2) is 33.7 Å². The van der Waals surface area contributed by atoms with Gasteiger partial charge >= 0.3 is 0 Å². The monoisotopic (exact) mass is 383 g/mol. The summed E-state index contributed by atoms with van der Waals surface area (Å²) in [6, 6.07) is 4.39.